The monoisotopic (exact) mass is 275 g/mol. The summed E-state index contributed by atoms with van der Waals surface area (Å²) in [7, 11) is 0. The lowest BCUT2D eigenvalue weighted by Crippen LogP contribution is -2.48. The van der Waals surface area contributed by atoms with Crippen molar-refractivity contribution in [3.8, 4) is 0 Å². The molecule has 110 valence electrons. The van der Waals surface area contributed by atoms with E-state index in [0.717, 1.165) is 37.4 Å². The number of benzene rings is 1. The Balaban J connectivity index is 2.03. The molecule has 0 atom stereocenters. The molecule has 1 heterocycles. The number of anilines is 1. The maximum absolute atomic E-state index is 11.9. The highest BCUT2D eigenvalue weighted by Gasteiger charge is 2.19. The molecule has 0 saturated carbocycles. The van der Waals surface area contributed by atoms with Gasteiger partial charge in [0.2, 0.25) is 0 Å². The maximum atomic E-state index is 11.9. The Morgan fingerprint density at radius 2 is 1.95 bits per heavy atom. The summed E-state index contributed by atoms with van der Waals surface area (Å²) in [6.07, 6.45) is 0. The first kappa shape index (κ1) is 14.9. The average Bonchev–Trinajstić information content (AvgIpc) is 2.48. The third-order valence-corrected chi connectivity index (χ3v) is 3.86. The van der Waals surface area contributed by atoms with E-state index >= 15 is 0 Å². The van der Waals surface area contributed by atoms with Crippen LogP contribution in [0.25, 0.3) is 0 Å². The molecule has 20 heavy (non-hydrogen) atoms. The minimum atomic E-state index is 0.00941. The van der Waals surface area contributed by atoms with Gasteiger partial charge >= 0.3 is 0 Å². The molecule has 1 saturated heterocycles. The molecule has 1 aromatic carbocycles. The standard InChI is InChI=1S/C16H25N3O/c1-4-17-16(20)14-6-5-7-15(12-14)19-10-8-18(9-11-19)13(2)3/h5-7,12-13H,4,8-11H2,1-3H3,(H,17,20). The second-order valence-corrected chi connectivity index (χ2v) is 5.53. The Morgan fingerprint density at radius 1 is 1.25 bits per heavy atom. The molecule has 0 bridgehead atoms. The first-order chi connectivity index (χ1) is 9.61. The number of rotatable bonds is 4. The number of carbonyl (C=O) groups excluding carboxylic acids is 1. The van der Waals surface area contributed by atoms with Crippen LogP contribution >= 0.6 is 0 Å². The smallest absolute Gasteiger partial charge is 0.251 e. The second kappa shape index (κ2) is 6.75. The number of amides is 1. The second-order valence-electron chi connectivity index (χ2n) is 5.53. The normalized spacial score (nSPS) is 16.5. The highest BCUT2D eigenvalue weighted by molar-refractivity contribution is 5.95. The van der Waals surface area contributed by atoms with E-state index in [2.05, 4.69) is 35.0 Å². The van der Waals surface area contributed by atoms with Crippen molar-refractivity contribution in [3.05, 3.63) is 29.8 Å². The summed E-state index contributed by atoms with van der Waals surface area (Å²) in [5.41, 5.74) is 1.90. The lowest BCUT2D eigenvalue weighted by atomic mass is 10.1. The van der Waals surface area contributed by atoms with Crippen molar-refractivity contribution in [1.29, 1.82) is 0 Å². The Morgan fingerprint density at radius 3 is 2.55 bits per heavy atom. The predicted octanol–water partition coefficient (Wildman–Crippen LogP) is 1.97. The van der Waals surface area contributed by atoms with E-state index in [4.69, 9.17) is 0 Å². The van der Waals surface area contributed by atoms with Gasteiger partial charge in [0.1, 0.15) is 0 Å². The molecular formula is C16H25N3O. The lowest BCUT2D eigenvalue weighted by Gasteiger charge is -2.38. The van der Waals surface area contributed by atoms with Gasteiger partial charge < -0.3 is 10.2 Å². The summed E-state index contributed by atoms with van der Waals surface area (Å²) in [4.78, 5) is 16.7. The summed E-state index contributed by atoms with van der Waals surface area (Å²) < 4.78 is 0. The summed E-state index contributed by atoms with van der Waals surface area (Å²) in [6.45, 7) is 11.3. The van der Waals surface area contributed by atoms with Crippen LogP contribution in [0.5, 0.6) is 0 Å². The number of hydrogen-bond acceptors (Lipinski definition) is 3. The highest BCUT2D eigenvalue weighted by atomic mass is 16.1. The van der Waals surface area contributed by atoms with E-state index in [1.54, 1.807) is 0 Å². The molecule has 0 aromatic heterocycles. The molecule has 1 aromatic rings. The van der Waals surface area contributed by atoms with Crippen LogP contribution in [-0.4, -0.2) is 49.6 Å². The molecule has 0 radical (unpaired) electrons. The minimum absolute atomic E-state index is 0.00941. The van der Waals surface area contributed by atoms with E-state index in [1.807, 2.05) is 25.1 Å². The molecule has 0 aliphatic carbocycles. The Labute approximate surface area is 121 Å². The van der Waals surface area contributed by atoms with Gasteiger partial charge in [-0.3, -0.25) is 9.69 Å². The van der Waals surface area contributed by atoms with E-state index in [1.165, 1.54) is 0 Å². The predicted molar refractivity (Wildman–Crippen MR) is 83.4 cm³/mol. The molecule has 0 unspecified atom stereocenters. The molecule has 1 amide bonds. The molecule has 2 rings (SSSR count). The molecule has 4 heteroatoms. The molecular weight excluding hydrogens is 250 g/mol. The zero-order valence-electron chi connectivity index (χ0n) is 12.7. The minimum Gasteiger partial charge on any atom is -0.369 e. The largest absolute Gasteiger partial charge is 0.369 e. The van der Waals surface area contributed by atoms with Gasteiger partial charge in [-0.1, -0.05) is 6.07 Å². The fourth-order valence-electron chi connectivity index (χ4n) is 2.60. The summed E-state index contributed by atoms with van der Waals surface area (Å²) >= 11 is 0. The number of hydrogen-bond donors (Lipinski definition) is 1. The van der Waals surface area contributed by atoms with Crippen molar-refractivity contribution in [3.63, 3.8) is 0 Å². The highest BCUT2D eigenvalue weighted by Crippen LogP contribution is 2.19. The van der Waals surface area contributed by atoms with Crippen LogP contribution in [0.15, 0.2) is 24.3 Å². The molecule has 4 nitrogen and oxygen atoms in total. The van der Waals surface area contributed by atoms with Crippen molar-refractivity contribution in [1.82, 2.24) is 10.2 Å². The first-order valence-corrected chi connectivity index (χ1v) is 7.49. The third kappa shape index (κ3) is 3.51. The topological polar surface area (TPSA) is 35.6 Å². The summed E-state index contributed by atoms with van der Waals surface area (Å²) in [6, 6.07) is 8.54. The van der Waals surface area contributed by atoms with Crippen molar-refractivity contribution < 1.29 is 4.79 Å². The average molecular weight is 275 g/mol. The molecule has 1 aliphatic rings. The molecule has 1 N–H and O–H groups in total. The Hall–Kier alpha value is -1.55. The number of piperazine rings is 1. The number of nitrogens with one attached hydrogen (secondary N) is 1. The fraction of sp³-hybridized carbons (Fsp3) is 0.562. The maximum Gasteiger partial charge on any atom is 0.251 e. The quantitative estimate of drug-likeness (QED) is 0.912. The SMILES string of the molecule is CCNC(=O)c1cccc(N2CCN(C(C)C)CC2)c1. The molecule has 1 fully saturated rings. The van der Waals surface area contributed by atoms with Crippen LogP contribution in [0.2, 0.25) is 0 Å². The zero-order valence-corrected chi connectivity index (χ0v) is 12.7. The van der Waals surface area contributed by atoms with Crippen LogP contribution < -0.4 is 10.2 Å². The van der Waals surface area contributed by atoms with Gasteiger partial charge in [0, 0.05) is 50.0 Å². The van der Waals surface area contributed by atoms with Crippen molar-refractivity contribution in [2.45, 2.75) is 26.8 Å². The fourth-order valence-corrected chi connectivity index (χ4v) is 2.60. The van der Waals surface area contributed by atoms with Gasteiger partial charge in [0.25, 0.3) is 5.91 Å². The molecule has 1 aliphatic heterocycles. The lowest BCUT2D eigenvalue weighted by molar-refractivity contribution is 0.0956. The Kier molecular flexibility index (Phi) is 5.01. The van der Waals surface area contributed by atoms with E-state index in [-0.39, 0.29) is 5.91 Å². The summed E-state index contributed by atoms with van der Waals surface area (Å²) in [5.74, 6) is 0.00941. The van der Waals surface area contributed by atoms with Gasteiger partial charge in [0.05, 0.1) is 0 Å². The number of nitrogens with zero attached hydrogens (tertiary/aromatic N) is 2. The van der Waals surface area contributed by atoms with Crippen molar-refractivity contribution in [2.75, 3.05) is 37.6 Å². The zero-order chi connectivity index (χ0) is 14.5. The van der Waals surface area contributed by atoms with Crippen molar-refractivity contribution in [2.24, 2.45) is 0 Å². The molecule has 0 spiro atoms. The van der Waals surface area contributed by atoms with Crippen LogP contribution in [0, 0.1) is 0 Å². The van der Waals surface area contributed by atoms with Crippen LogP contribution in [0.1, 0.15) is 31.1 Å². The van der Waals surface area contributed by atoms with Gasteiger partial charge in [-0.25, -0.2) is 0 Å². The van der Waals surface area contributed by atoms with Crippen LogP contribution in [-0.2, 0) is 0 Å². The first-order valence-electron chi connectivity index (χ1n) is 7.49. The van der Waals surface area contributed by atoms with E-state index in [9.17, 15) is 4.79 Å². The van der Waals surface area contributed by atoms with Gasteiger partial charge in [-0.2, -0.15) is 0 Å². The van der Waals surface area contributed by atoms with Gasteiger partial charge in [-0.05, 0) is 39.0 Å². The van der Waals surface area contributed by atoms with E-state index < -0.39 is 0 Å². The third-order valence-electron chi connectivity index (χ3n) is 3.86. The van der Waals surface area contributed by atoms with Gasteiger partial charge in [0.15, 0.2) is 0 Å². The Bertz CT molecular complexity index is 451. The number of carbonyl (C=O) groups is 1. The van der Waals surface area contributed by atoms with Crippen molar-refractivity contribution >= 4 is 11.6 Å². The van der Waals surface area contributed by atoms with E-state index in [0.29, 0.717) is 12.6 Å². The van der Waals surface area contributed by atoms with Gasteiger partial charge in [-0.15, -0.1) is 0 Å². The van der Waals surface area contributed by atoms with Crippen LogP contribution in [0.4, 0.5) is 5.69 Å². The van der Waals surface area contributed by atoms with Crippen LogP contribution in [0.3, 0.4) is 0 Å². The summed E-state index contributed by atoms with van der Waals surface area (Å²) in [5, 5.41) is 2.85.